The molecule has 12 nitrogen and oxygen atoms in total. The first-order valence-corrected chi connectivity index (χ1v) is 8.19. The van der Waals surface area contributed by atoms with Gasteiger partial charge in [-0.2, -0.15) is 0 Å². The number of aliphatic carboxylic acids is 1. The Balaban J connectivity index is 5.26. The van der Waals surface area contributed by atoms with Crippen LogP contribution in [-0.2, 0) is 24.0 Å². The maximum Gasteiger partial charge on any atom is 0.325 e. The maximum absolute atomic E-state index is 12.4. The molecule has 154 valence electrons. The van der Waals surface area contributed by atoms with Crippen molar-refractivity contribution in [2.24, 2.45) is 17.4 Å². The Hall–Kier alpha value is -2.73. The third-order valence-corrected chi connectivity index (χ3v) is 3.55. The van der Waals surface area contributed by atoms with Crippen LogP contribution in [0.1, 0.15) is 27.2 Å². The van der Waals surface area contributed by atoms with Crippen LogP contribution in [0.3, 0.4) is 0 Å². The molecule has 0 aromatic heterocycles. The molecule has 0 aliphatic carbocycles. The molecular weight excluding hydrogens is 362 g/mol. The van der Waals surface area contributed by atoms with Gasteiger partial charge >= 0.3 is 5.97 Å². The van der Waals surface area contributed by atoms with Gasteiger partial charge < -0.3 is 37.6 Å². The van der Waals surface area contributed by atoms with Crippen molar-refractivity contribution in [1.82, 2.24) is 16.0 Å². The van der Waals surface area contributed by atoms with Crippen molar-refractivity contribution in [3.63, 3.8) is 0 Å². The van der Waals surface area contributed by atoms with Crippen molar-refractivity contribution in [3.8, 4) is 0 Å². The SMILES string of the molecule is CC(NC(=O)C(NC(=O)C(CC(N)=O)NC(=O)C(N)CO)C(C)C)C(=O)O. The highest BCUT2D eigenvalue weighted by Gasteiger charge is 2.31. The molecule has 0 saturated heterocycles. The van der Waals surface area contributed by atoms with E-state index in [1.165, 1.54) is 6.92 Å². The Kier molecular flexibility index (Phi) is 9.96. The normalized spacial score (nSPS) is 15.2. The second-order valence-electron chi connectivity index (χ2n) is 6.32. The van der Waals surface area contributed by atoms with Crippen LogP contribution in [0.15, 0.2) is 0 Å². The zero-order valence-electron chi connectivity index (χ0n) is 15.4. The summed E-state index contributed by atoms with van der Waals surface area (Å²) >= 11 is 0. The van der Waals surface area contributed by atoms with Crippen molar-refractivity contribution in [1.29, 1.82) is 0 Å². The van der Waals surface area contributed by atoms with E-state index in [1.807, 2.05) is 0 Å². The molecule has 0 bridgehead atoms. The highest BCUT2D eigenvalue weighted by atomic mass is 16.4. The van der Waals surface area contributed by atoms with Gasteiger partial charge in [-0.05, 0) is 12.8 Å². The third kappa shape index (κ3) is 8.46. The Bertz CT molecular complexity index is 581. The molecule has 9 N–H and O–H groups in total. The Labute approximate surface area is 156 Å². The molecule has 0 radical (unpaired) electrons. The molecule has 0 spiro atoms. The van der Waals surface area contributed by atoms with Crippen LogP contribution < -0.4 is 27.4 Å². The highest BCUT2D eigenvalue weighted by Crippen LogP contribution is 2.04. The quantitative estimate of drug-likeness (QED) is 0.187. The summed E-state index contributed by atoms with van der Waals surface area (Å²) in [6.07, 6.45) is -0.562. The van der Waals surface area contributed by atoms with Crippen LogP contribution in [0, 0.1) is 5.92 Å². The van der Waals surface area contributed by atoms with Gasteiger partial charge in [-0.1, -0.05) is 13.8 Å². The van der Waals surface area contributed by atoms with E-state index in [0.29, 0.717) is 0 Å². The topological polar surface area (TPSA) is 214 Å². The molecule has 0 aliphatic rings. The number of hydrogen-bond donors (Lipinski definition) is 7. The van der Waals surface area contributed by atoms with E-state index in [-0.39, 0.29) is 0 Å². The lowest BCUT2D eigenvalue weighted by molar-refractivity contribution is -0.142. The van der Waals surface area contributed by atoms with Crippen molar-refractivity contribution in [2.75, 3.05) is 6.61 Å². The second-order valence-corrected chi connectivity index (χ2v) is 6.32. The molecule has 0 rings (SSSR count). The summed E-state index contributed by atoms with van der Waals surface area (Å²) in [4.78, 5) is 58.5. The average Bonchev–Trinajstić information content (AvgIpc) is 2.56. The number of carbonyl (C=O) groups excluding carboxylic acids is 4. The second kappa shape index (κ2) is 11.1. The minimum atomic E-state index is -1.42. The van der Waals surface area contributed by atoms with E-state index in [4.69, 9.17) is 21.7 Å². The Morgan fingerprint density at radius 2 is 1.48 bits per heavy atom. The van der Waals surface area contributed by atoms with Gasteiger partial charge in [0.15, 0.2) is 0 Å². The number of nitrogens with one attached hydrogen (secondary N) is 3. The lowest BCUT2D eigenvalue weighted by Crippen LogP contribution is -2.59. The lowest BCUT2D eigenvalue weighted by Gasteiger charge is -2.26. The Morgan fingerprint density at radius 1 is 0.926 bits per heavy atom. The van der Waals surface area contributed by atoms with Gasteiger partial charge in [0, 0.05) is 0 Å². The lowest BCUT2D eigenvalue weighted by atomic mass is 10.0. The van der Waals surface area contributed by atoms with E-state index in [9.17, 15) is 24.0 Å². The summed E-state index contributed by atoms with van der Waals surface area (Å²) in [5, 5.41) is 24.5. The molecule has 0 fully saturated rings. The van der Waals surface area contributed by atoms with Crippen molar-refractivity contribution < 1.29 is 34.2 Å². The van der Waals surface area contributed by atoms with Gasteiger partial charge in [-0.3, -0.25) is 24.0 Å². The summed E-state index contributed by atoms with van der Waals surface area (Å²) in [6, 6.07) is -5.04. The first kappa shape index (κ1) is 24.3. The van der Waals surface area contributed by atoms with Crippen molar-refractivity contribution >= 4 is 29.6 Å². The number of aliphatic hydroxyl groups excluding tert-OH is 1. The molecule has 0 saturated carbocycles. The fraction of sp³-hybridized carbons (Fsp3) is 0.667. The largest absolute Gasteiger partial charge is 0.480 e. The summed E-state index contributed by atoms with van der Waals surface area (Å²) in [6.45, 7) is 3.80. The van der Waals surface area contributed by atoms with Gasteiger partial charge in [-0.15, -0.1) is 0 Å². The van der Waals surface area contributed by atoms with Crippen LogP contribution in [0.25, 0.3) is 0 Å². The molecule has 4 unspecified atom stereocenters. The van der Waals surface area contributed by atoms with Gasteiger partial charge in [0.05, 0.1) is 13.0 Å². The van der Waals surface area contributed by atoms with Crippen LogP contribution in [0.2, 0.25) is 0 Å². The number of amides is 4. The minimum absolute atomic E-state index is 0.431. The highest BCUT2D eigenvalue weighted by molar-refractivity contribution is 5.96. The number of primary amides is 1. The number of carboxylic acid groups (broad SMARTS) is 1. The van der Waals surface area contributed by atoms with Crippen LogP contribution in [0.5, 0.6) is 0 Å². The Morgan fingerprint density at radius 3 is 1.89 bits per heavy atom. The van der Waals surface area contributed by atoms with Gasteiger partial charge in [0.2, 0.25) is 23.6 Å². The zero-order valence-corrected chi connectivity index (χ0v) is 15.4. The molecular formula is C15H27N5O7. The van der Waals surface area contributed by atoms with Crippen molar-refractivity contribution in [3.05, 3.63) is 0 Å². The fourth-order valence-corrected chi connectivity index (χ4v) is 1.93. The molecule has 0 aromatic carbocycles. The van der Waals surface area contributed by atoms with Crippen LogP contribution >= 0.6 is 0 Å². The standard InChI is InChI=1S/C15H27N5O7/c1-6(2)11(14(25)18-7(3)15(26)27)20-13(24)9(4-10(17)22)19-12(23)8(16)5-21/h6-9,11,21H,4-5,16H2,1-3H3,(H2,17,22)(H,18,25)(H,19,23)(H,20,24)(H,26,27). The van der Waals surface area contributed by atoms with E-state index >= 15 is 0 Å². The summed E-state index contributed by atoms with van der Waals surface area (Å²) in [5.74, 6) is -5.09. The number of nitrogens with two attached hydrogens (primary N) is 2. The number of carboxylic acids is 1. The van der Waals surface area contributed by atoms with E-state index in [0.717, 1.165) is 0 Å². The maximum atomic E-state index is 12.4. The molecule has 0 aromatic rings. The number of hydrogen-bond acceptors (Lipinski definition) is 7. The van der Waals surface area contributed by atoms with Crippen LogP contribution in [-0.4, -0.2) is 70.6 Å². The number of aliphatic hydroxyl groups is 1. The molecule has 0 aliphatic heterocycles. The van der Waals surface area contributed by atoms with E-state index in [2.05, 4.69) is 16.0 Å². The molecule has 4 amide bonds. The van der Waals surface area contributed by atoms with Gasteiger partial charge in [0.1, 0.15) is 24.2 Å². The van der Waals surface area contributed by atoms with E-state index in [1.54, 1.807) is 13.8 Å². The zero-order chi connectivity index (χ0) is 21.3. The molecule has 0 heterocycles. The van der Waals surface area contributed by atoms with E-state index < -0.39 is 72.7 Å². The van der Waals surface area contributed by atoms with Crippen LogP contribution in [0.4, 0.5) is 0 Å². The molecule has 27 heavy (non-hydrogen) atoms. The molecule has 4 atom stereocenters. The summed E-state index contributed by atoms with van der Waals surface area (Å²) in [7, 11) is 0. The molecule has 12 heteroatoms. The fourth-order valence-electron chi connectivity index (χ4n) is 1.93. The van der Waals surface area contributed by atoms with Gasteiger partial charge in [0.25, 0.3) is 0 Å². The first-order chi connectivity index (χ1) is 12.4. The smallest absolute Gasteiger partial charge is 0.325 e. The minimum Gasteiger partial charge on any atom is -0.480 e. The predicted octanol–water partition coefficient (Wildman–Crippen LogP) is -3.60. The third-order valence-electron chi connectivity index (χ3n) is 3.55. The monoisotopic (exact) mass is 389 g/mol. The summed E-state index contributed by atoms with van der Waals surface area (Å²) in [5.41, 5.74) is 10.4. The average molecular weight is 389 g/mol. The predicted molar refractivity (Wildman–Crippen MR) is 92.8 cm³/mol. The first-order valence-electron chi connectivity index (χ1n) is 8.19. The van der Waals surface area contributed by atoms with Gasteiger partial charge in [-0.25, -0.2) is 0 Å². The van der Waals surface area contributed by atoms with Crippen molar-refractivity contribution in [2.45, 2.75) is 51.4 Å². The summed E-state index contributed by atoms with van der Waals surface area (Å²) < 4.78 is 0. The number of rotatable bonds is 11. The number of carbonyl (C=O) groups is 5.